The van der Waals surface area contributed by atoms with E-state index in [1.165, 1.54) is 5.56 Å². The largest absolute Gasteiger partial charge is 0.492 e. The van der Waals surface area contributed by atoms with Gasteiger partial charge in [-0.3, -0.25) is 4.79 Å². The number of Topliss-reactive ketones (excluding diaryl/α,β-unsaturated/α-hetero) is 1. The summed E-state index contributed by atoms with van der Waals surface area (Å²) in [7, 11) is 0. The van der Waals surface area contributed by atoms with Crippen LogP contribution in [0, 0.1) is 0 Å². The Morgan fingerprint density at radius 1 is 1.27 bits per heavy atom. The Bertz CT molecular complexity index is 818. The fraction of sp³-hybridized carbons (Fsp3) is 0.318. The third kappa shape index (κ3) is 3.65. The molecule has 2 unspecified atom stereocenters. The molecule has 2 aromatic carbocycles. The van der Waals surface area contributed by atoms with Gasteiger partial charge in [0.2, 0.25) is 0 Å². The highest BCUT2D eigenvalue weighted by atomic mass is 32.2. The quantitative estimate of drug-likeness (QED) is 0.716. The van der Waals surface area contributed by atoms with Gasteiger partial charge < -0.3 is 9.64 Å². The number of thioether (sulfide) groups is 1. The van der Waals surface area contributed by atoms with Crippen LogP contribution in [0.15, 0.2) is 65.7 Å². The highest BCUT2D eigenvalue weighted by Gasteiger charge is 2.24. The van der Waals surface area contributed by atoms with E-state index in [2.05, 4.69) is 48.4 Å². The van der Waals surface area contributed by atoms with Crippen LogP contribution in [0.5, 0.6) is 5.75 Å². The number of ketones is 1. The molecule has 0 saturated heterocycles. The molecule has 0 amide bonds. The average Bonchev–Trinajstić information content (AvgIpc) is 3.18. The van der Waals surface area contributed by atoms with E-state index in [4.69, 9.17) is 4.74 Å². The van der Waals surface area contributed by atoms with Crippen molar-refractivity contribution in [3.8, 4) is 5.75 Å². The fourth-order valence-corrected chi connectivity index (χ4v) is 4.34. The van der Waals surface area contributed by atoms with Crippen molar-refractivity contribution < 1.29 is 9.53 Å². The zero-order valence-corrected chi connectivity index (χ0v) is 15.7. The minimum Gasteiger partial charge on any atom is -0.492 e. The van der Waals surface area contributed by atoms with Crippen LogP contribution in [0.3, 0.4) is 0 Å². The first-order valence-electron chi connectivity index (χ1n) is 9.12. The van der Waals surface area contributed by atoms with Gasteiger partial charge in [-0.25, -0.2) is 0 Å². The van der Waals surface area contributed by atoms with Crippen LogP contribution in [-0.4, -0.2) is 35.6 Å². The molecule has 4 heteroatoms. The lowest BCUT2D eigenvalue weighted by atomic mass is 10.00. The molecule has 2 aliphatic heterocycles. The second-order valence-corrected chi connectivity index (χ2v) is 8.03. The highest BCUT2D eigenvalue weighted by molar-refractivity contribution is 7.99. The summed E-state index contributed by atoms with van der Waals surface area (Å²) >= 11 is 1.79. The summed E-state index contributed by atoms with van der Waals surface area (Å²) in [4.78, 5) is 16.1. The lowest BCUT2D eigenvalue weighted by molar-refractivity contribution is 0.0950. The zero-order chi connectivity index (χ0) is 17.9. The SMILES string of the molecule is CC(CC(=O)c1ccc2c(c1)OCCS2)N1C=CC(c2ccccc2)C1. The van der Waals surface area contributed by atoms with Crippen molar-refractivity contribution in [2.24, 2.45) is 0 Å². The molecule has 2 heterocycles. The molecule has 0 aliphatic carbocycles. The van der Waals surface area contributed by atoms with Crippen molar-refractivity contribution in [3.05, 3.63) is 71.9 Å². The van der Waals surface area contributed by atoms with Crippen LogP contribution in [0.25, 0.3) is 0 Å². The standard InChI is InChI=1S/C22H23NO2S/c1-16(23-10-9-19(15-23)17-5-3-2-4-6-17)13-20(24)18-7-8-22-21(14-18)25-11-12-26-22/h2-10,14,16,19H,11-13,15H2,1H3. The Labute approximate surface area is 159 Å². The van der Waals surface area contributed by atoms with Gasteiger partial charge in [0.25, 0.3) is 0 Å². The van der Waals surface area contributed by atoms with Gasteiger partial charge in [0, 0.05) is 41.1 Å². The summed E-state index contributed by atoms with van der Waals surface area (Å²) < 4.78 is 5.69. The number of rotatable bonds is 5. The molecule has 0 spiro atoms. The molecular weight excluding hydrogens is 342 g/mol. The molecule has 0 saturated carbocycles. The normalized spacial score (nSPS) is 19.7. The molecule has 0 fully saturated rings. The molecule has 3 nitrogen and oxygen atoms in total. The number of nitrogens with zero attached hydrogens (tertiary/aromatic N) is 1. The first-order valence-corrected chi connectivity index (χ1v) is 10.1. The minimum atomic E-state index is 0.177. The van der Waals surface area contributed by atoms with E-state index in [-0.39, 0.29) is 11.8 Å². The van der Waals surface area contributed by atoms with E-state index in [0.29, 0.717) is 18.9 Å². The number of carbonyl (C=O) groups is 1. The molecular formula is C22H23NO2S. The van der Waals surface area contributed by atoms with Crippen LogP contribution in [-0.2, 0) is 0 Å². The predicted molar refractivity (Wildman–Crippen MR) is 106 cm³/mol. The topological polar surface area (TPSA) is 29.5 Å². The first kappa shape index (κ1) is 17.2. The van der Waals surface area contributed by atoms with Crippen molar-refractivity contribution >= 4 is 17.5 Å². The maximum atomic E-state index is 12.7. The lowest BCUT2D eigenvalue weighted by Gasteiger charge is -2.25. The van der Waals surface area contributed by atoms with Crippen molar-refractivity contribution in [2.75, 3.05) is 18.9 Å². The molecule has 26 heavy (non-hydrogen) atoms. The van der Waals surface area contributed by atoms with Gasteiger partial charge in [-0.15, -0.1) is 11.8 Å². The average molecular weight is 365 g/mol. The van der Waals surface area contributed by atoms with E-state index < -0.39 is 0 Å². The summed E-state index contributed by atoms with van der Waals surface area (Å²) in [6.07, 6.45) is 4.89. The van der Waals surface area contributed by atoms with Gasteiger partial charge in [-0.1, -0.05) is 42.5 Å². The Morgan fingerprint density at radius 3 is 2.96 bits per heavy atom. The predicted octanol–water partition coefficient (Wildman–Crippen LogP) is 4.75. The van der Waals surface area contributed by atoms with E-state index in [9.17, 15) is 4.79 Å². The van der Waals surface area contributed by atoms with E-state index in [1.54, 1.807) is 11.8 Å². The number of ether oxygens (including phenoxy) is 1. The second kappa shape index (κ2) is 7.58. The van der Waals surface area contributed by atoms with Crippen LogP contribution < -0.4 is 4.74 Å². The molecule has 0 aromatic heterocycles. The minimum absolute atomic E-state index is 0.177. The fourth-order valence-electron chi connectivity index (χ4n) is 3.53. The Hall–Kier alpha value is -2.20. The Morgan fingerprint density at radius 2 is 2.12 bits per heavy atom. The van der Waals surface area contributed by atoms with E-state index in [1.807, 2.05) is 24.3 Å². The summed E-state index contributed by atoms with van der Waals surface area (Å²) in [6.45, 7) is 3.77. The van der Waals surface area contributed by atoms with E-state index in [0.717, 1.165) is 28.5 Å². The van der Waals surface area contributed by atoms with Gasteiger partial charge in [0.1, 0.15) is 5.75 Å². The monoisotopic (exact) mass is 365 g/mol. The molecule has 0 bridgehead atoms. The summed E-state index contributed by atoms with van der Waals surface area (Å²) in [5.41, 5.74) is 2.08. The third-order valence-corrected chi connectivity index (χ3v) is 6.08. The molecule has 4 rings (SSSR count). The van der Waals surface area contributed by atoms with Crippen molar-refractivity contribution in [3.63, 3.8) is 0 Å². The zero-order valence-electron chi connectivity index (χ0n) is 14.9. The first-order chi connectivity index (χ1) is 12.7. The third-order valence-electron chi connectivity index (χ3n) is 5.06. The molecule has 2 aromatic rings. The second-order valence-electron chi connectivity index (χ2n) is 6.89. The summed E-state index contributed by atoms with van der Waals surface area (Å²) in [5.74, 6) is 2.41. The highest BCUT2D eigenvalue weighted by Crippen LogP contribution is 2.34. The van der Waals surface area contributed by atoms with Gasteiger partial charge in [-0.05, 0) is 30.8 Å². The maximum Gasteiger partial charge on any atom is 0.165 e. The van der Waals surface area contributed by atoms with Crippen LogP contribution >= 0.6 is 11.8 Å². The number of benzene rings is 2. The van der Waals surface area contributed by atoms with Crippen LogP contribution in [0.4, 0.5) is 0 Å². The maximum absolute atomic E-state index is 12.7. The Balaban J connectivity index is 1.38. The summed E-state index contributed by atoms with van der Waals surface area (Å²) in [5, 5.41) is 0. The number of hydrogen-bond acceptors (Lipinski definition) is 4. The van der Waals surface area contributed by atoms with E-state index >= 15 is 0 Å². The van der Waals surface area contributed by atoms with Gasteiger partial charge in [-0.2, -0.15) is 0 Å². The number of hydrogen-bond donors (Lipinski definition) is 0. The van der Waals surface area contributed by atoms with Crippen molar-refractivity contribution in [2.45, 2.75) is 30.2 Å². The lowest BCUT2D eigenvalue weighted by Crippen LogP contribution is -2.30. The molecule has 0 N–H and O–H groups in total. The van der Waals surface area contributed by atoms with Gasteiger partial charge in [0.05, 0.1) is 6.61 Å². The molecule has 2 atom stereocenters. The van der Waals surface area contributed by atoms with Gasteiger partial charge in [0.15, 0.2) is 5.78 Å². The number of carbonyl (C=O) groups excluding carboxylic acids is 1. The molecule has 2 aliphatic rings. The van der Waals surface area contributed by atoms with Gasteiger partial charge >= 0.3 is 0 Å². The van der Waals surface area contributed by atoms with Crippen LogP contribution in [0.2, 0.25) is 0 Å². The van der Waals surface area contributed by atoms with Crippen LogP contribution in [0.1, 0.15) is 35.2 Å². The number of fused-ring (bicyclic) bond motifs is 1. The molecule has 0 radical (unpaired) electrons. The molecule has 134 valence electrons. The van der Waals surface area contributed by atoms with Crippen molar-refractivity contribution in [1.29, 1.82) is 0 Å². The van der Waals surface area contributed by atoms with Crippen molar-refractivity contribution in [1.82, 2.24) is 4.90 Å². The Kier molecular flexibility index (Phi) is 5.02. The summed E-state index contributed by atoms with van der Waals surface area (Å²) in [6, 6.07) is 16.6. The smallest absolute Gasteiger partial charge is 0.165 e.